The van der Waals surface area contributed by atoms with Gasteiger partial charge in [-0.2, -0.15) is 0 Å². The molecule has 1 aromatic heterocycles. The Labute approximate surface area is 170 Å². The van der Waals surface area contributed by atoms with Crippen molar-refractivity contribution in [1.29, 1.82) is 0 Å². The number of methoxy groups -OCH3 is 1. The van der Waals surface area contributed by atoms with Gasteiger partial charge in [-0.05, 0) is 42.8 Å². The molecule has 1 amide bonds. The Morgan fingerprint density at radius 2 is 2.07 bits per heavy atom. The molecule has 0 spiro atoms. The molecule has 1 atom stereocenters. The highest BCUT2D eigenvalue weighted by Crippen LogP contribution is 2.31. The number of carbonyl (C=O) groups excluding carboxylic acids is 1. The highest BCUT2D eigenvalue weighted by atomic mass is 35.5. The Morgan fingerprint density at radius 1 is 1.32 bits per heavy atom. The van der Waals surface area contributed by atoms with E-state index in [2.05, 4.69) is 20.5 Å². The maximum Gasteiger partial charge on any atom is 0.230 e. The first kappa shape index (κ1) is 20.2. The number of H-pyrrole nitrogens is 1. The Bertz CT molecular complexity index is 965. The number of aromatic amines is 1. The van der Waals surface area contributed by atoms with Crippen LogP contribution >= 0.6 is 23.4 Å². The molecule has 0 radical (unpaired) electrons. The van der Waals surface area contributed by atoms with E-state index in [0.29, 0.717) is 27.3 Å². The lowest BCUT2D eigenvalue weighted by Gasteiger charge is -2.13. The first-order valence-electron chi connectivity index (χ1n) is 8.40. The maximum atomic E-state index is 13.0. The number of hydrogen-bond acceptors (Lipinski definition) is 5. The van der Waals surface area contributed by atoms with Gasteiger partial charge in [-0.1, -0.05) is 35.5 Å². The Kier molecular flexibility index (Phi) is 6.53. The van der Waals surface area contributed by atoms with Crippen molar-refractivity contribution in [2.45, 2.75) is 18.1 Å². The Hall–Kier alpha value is -2.58. The minimum absolute atomic E-state index is 0.148. The van der Waals surface area contributed by atoms with Gasteiger partial charge in [0, 0.05) is 5.02 Å². The maximum absolute atomic E-state index is 13.0. The van der Waals surface area contributed by atoms with Crippen LogP contribution in [0.2, 0.25) is 5.02 Å². The van der Waals surface area contributed by atoms with Crippen molar-refractivity contribution in [3.8, 4) is 17.1 Å². The van der Waals surface area contributed by atoms with Gasteiger partial charge in [-0.3, -0.25) is 9.89 Å². The minimum atomic E-state index is -0.311. The van der Waals surface area contributed by atoms with E-state index in [0.717, 1.165) is 5.56 Å². The van der Waals surface area contributed by atoms with Crippen LogP contribution in [0.3, 0.4) is 0 Å². The second kappa shape index (κ2) is 9.07. The van der Waals surface area contributed by atoms with Crippen LogP contribution in [-0.2, 0) is 4.79 Å². The zero-order chi connectivity index (χ0) is 20.1. The summed E-state index contributed by atoms with van der Waals surface area (Å²) in [5.41, 5.74) is 1.51. The summed E-state index contributed by atoms with van der Waals surface area (Å²) in [6.07, 6.45) is 0. The predicted molar refractivity (Wildman–Crippen MR) is 107 cm³/mol. The average Bonchev–Trinajstić information content (AvgIpc) is 3.15. The first-order valence-corrected chi connectivity index (χ1v) is 9.76. The van der Waals surface area contributed by atoms with Gasteiger partial charge in [0.1, 0.15) is 11.6 Å². The van der Waals surface area contributed by atoms with Crippen molar-refractivity contribution in [3.63, 3.8) is 0 Å². The molecule has 1 heterocycles. The summed E-state index contributed by atoms with van der Waals surface area (Å²) in [6.45, 7) is 1.84. The molecule has 0 fully saturated rings. The van der Waals surface area contributed by atoms with Crippen LogP contribution in [0.4, 0.5) is 4.39 Å². The number of carbonyl (C=O) groups is 1. The quantitative estimate of drug-likeness (QED) is 0.559. The van der Waals surface area contributed by atoms with Crippen LogP contribution < -0.4 is 10.1 Å². The topological polar surface area (TPSA) is 79.9 Å². The van der Waals surface area contributed by atoms with E-state index in [9.17, 15) is 9.18 Å². The SMILES string of the molecule is COc1ccc(Cl)cc1-c1nc(SCC(=O)NC(C)c2ccc(F)cc2)n[nH]1. The average molecular weight is 421 g/mol. The van der Waals surface area contributed by atoms with Gasteiger partial charge in [0.05, 0.1) is 24.5 Å². The monoisotopic (exact) mass is 420 g/mol. The minimum Gasteiger partial charge on any atom is -0.496 e. The van der Waals surface area contributed by atoms with Gasteiger partial charge in [0.25, 0.3) is 0 Å². The van der Waals surface area contributed by atoms with Crippen molar-refractivity contribution >= 4 is 29.3 Å². The fourth-order valence-corrected chi connectivity index (χ4v) is 3.33. The highest BCUT2D eigenvalue weighted by Gasteiger charge is 2.14. The van der Waals surface area contributed by atoms with Crippen molar-refractivity contribution in [2.75, 3.05) is 12.9 Å². The van der Waals surface area contributed by atoms with Gasteiger partial charge in [-0.15, -0.1) is 5.10 Å². The molecule has 1 unspecified atom stereocenters. The second-order valence-corrected chi connectivity index (χ2v) is 7.32. The molecule has 0 aliphatic carbocycles. The molecule has 0 saturated heterocycles. The number of nitrogens with zero attached hydrogens (tertiary/aromatic N) is 2. The third-order valence-electron chi connectivity index (χ3n) is 3.96. The lowest BCUT2D eigenvalue weighted by molar-refractivity contribution is -0.119. The number of nitrogens with one attached hydrogen (secondary N) is 2. The zero-order valence-electron chi connectivity index (χ0n) is 15.2. The molecule has 0 aliphatic heterocycles. The summed E-state index contributed by atoms with van der Waals surface area (Å²) in [5, 5.41) is 10.8. The molecule has 3 rings (SSSR count). The third kappa shape index (κ3) is 5.02. The Morgan fingerprint density at radius 3 is 2.79 bits per heavy atom. The van der Waals surface area contributed by atoms with Crippen LogP contribution in [0.1, 0.15) is 18.5 Å². The summed E-state index contributed by atoms with van der Waals surface area (Å²) in [6, 6.07) is 11.0. The van der Waals surface area contributed by atoms with Crippen molar-refractivity contribution in [2.24, 2.45) is 0 Å². The molecule has 2 N–H and O–H groups in total. The standard InChI is InChI=1S/C19H18ClFN4O2S/c1-11(12-3-6-14(21)7-4-12)22-17(26)10-28-19-23-18(24-25-19)15-9-13(20)5-8-16(15)27-2/h3-9,11H,10H2,1-2H3,(H,22,26)(H,23,24,25). The summed E-state index contributed by atoms with van der Waals surface area (Å²) < 4.78 is 18.3. The number of thioether (sulfide) groups is 1. The van der Waals surface area contributed by atoms with Gasteiger partial charge in [0.2, 0.25) is 11.1 Å². The molecule has 3 aromatic rings. The van der Waals surface area contributed by atoms with Gasteiger partial charge >= 0.3 is 0 Å². The van der Waals surface area contributed by atoms with Gasteiger partial charge < -0.3 is 10.1 Å². The summed E-state index contributed by atoms with van der Waals surface area (Å²) in [5.74, 6) is 0.781. The smallest absolute Gasteiger partial charge is 0.230 e. The van der Waals surface area contributed by atoms with E-state index in [1.165, 1.54) is 23.9 Å². The summed E-state index contributed by atoms with van der Waals surface area (Å²) >= 11 is 7.25. The number of rotatable bonds is 7. The van der Waals surface area contributed by atoms with Crippen molar-refractivity contribution < 1.29 is 13.9 Å². The molecule has 6 nitrogen and oxygen atoms in total. The lowest BCUT2D eigenvalue weighted by Crippen LogP contribution is -2.28. The normalized spacial score (nSPS) is 11.9. The molecule has 0 aliphatic rings. The van der Waals surface area contributed by atoms with E-state index in [1.54, 1.807) is 37.4 Å². The van der Waals surface area contributed by atoms with Crippen LogP contribution in [0.5, 0.6) is 5.75 Å². The zero-order valence-corrected chi connectivity index (χ0v) is 16.8. The van der Waals surface area contributed by atoms with Gasteiger partial charge in [0.15, 0.2) is 5.82 Å². The van der Waals surface area contributed by atoms with Crippen molar-refractivity contribution in [1.82, 2.24) is 20.5 Å². The highest BCUT2D eigenvalue weighted by molar-refractivity contribution is 7.99. The van der Waals surface area contributed by atoms with E-state index in [4.69, 9.17) is 16.3 Å². The Balaban J connectivity index is 1.59. The second-order valence-electron chi connectivity index (χ2n) is 5.94. The lowest BCUT2D eigenvalue weighted by atomic mass is 10.1. The summed E-state index contributed by atoms with van der Waals surface area (Å²) in [7, 11) is 1.56. The first-order chi connectivity index (χ1) is 13.5. The molecule has 9 heteroatoms. The number of benzene rings is 2. The molecular formula is C19H18ClFN4O2S. The molecule has 0 bridgehead atoms. The van der Waals surface area contributed by atoms with E-state index >= 15 is 0 Å². The van der Waals surface area contributed by atoms with Crippen LogP contribution in [0.15, 0.2) is 47.6 Å². The van der Waals surface area contributed by atoms with Crippen LogP contribution in [-0.4, -0.2) is 34.0 Å². The molecule has 28 heavy (non-hydrogen) atoms. The fourth-order valence-electron chi connectivity index (χ4n) is 2.54. The van der Waals surface area contributed by atoms with Crippen LogP contribution in [0.25, 0.3) is 11.4 Å². The predicted octanol–water partition coefficient (Wildman–Crippen LogP) is 4.24. The molecule has 0 saturated carbocycles. The number of aromatic nitrogens is 3. The molecular weight excluding hydrogens is 403 g/mol. The van der Waals surface area contributed by atoms with Crippen molar-refractivity contribution in [3.05, 3.63) is 58.9 Å². The third-order valence-corrected chi connectivity index (χ3v) is 5.04. The van der Waals surface area contributed by atoms with Crippen LogP contribution in [0, 0.1) is 5.82 Å². The molecule has 146 valence electrons. The van der Waals surface area contributed by atoms with E-state index < -0.39 is 0 Å². The van der Waals surface area contributed by atoms with E-state index in [-0.39, 0.29) is 23.5 Å². The fraction of sp³-hybridized carbons (Fsp3) is 0.211. The van der Waals surface area contributed by atoms with Gasteiger partial charge in [-0.25, -0.2) is 9.37 Å². The number of hydrogen-bond donors (Lipinski definition) is 2. The van der Waals surface area contributed by atoms with E-state index in [1.807, 2.05) is 6.92 Å². The number of halogens is 2. The summed E-state index contributed by atoms with van der Waals surface area (Å²) in [4.78, 5) is 16.6. The number of amides is 1. The largest absolute Gasteiger partial charge is 0.496 e. The molecule has 2 aromatic carbocycles. The number of ether oxygens (including phenoxy) is 1.